The van der Waals surface area contributed by atoms with Crippen molar-refractivity contribution in [3.8, 4) is 0 Å². The highest BCUT2D eigenvalue weighted by molar-refractivity contribution is 14.1. The topological polar surface area (TPSA) is 50.7 Å². The summed E-state index contributed by atoms with van der Waals surface area (Å²) < 4.78 is 1.04. The SMILES string of the molecule is Cc1csc(CCNc2ncncc2I)n1. The molecule has 0 aliphatic carbocycles. The van der Waals surface area contributed by atoms with Gasteiger partial charge in [-0.2, -0.15) is 0 Å². The third-order valence-electron chi connectivity index (χ3n) is 1.97. The zero-order chi connectivity index (χ0) is 11.4. The molecule has 2 aromatic rings. The van der Waals surface area contributed by atoms with Crippen LogP contribution in [0.4, 0.5) is 5.82 Å². The monoisotopic (exact) mass is 346 g/mol. The van der Waals surface area contributed by atoms with Gasteiger partial charge in [0.25, 0.3) is 0 Å². The maximum atomic E-state index is 4.41. The zero-order valence-corrected chi connectivity index (χ0v) is 11.7. The summed E-state index contributed by atoms with van der Waals surface area (Å²) in [6.07, 6.45) is 4.28. The number of halogens is 1. The third kappa shape index (κ3) is 3.11. The average Bonchev–Trinajstić information content (AvgIpc) is 2.67. The molecule has 0 saturated carbocycles. The zero-order valence-electron chi connectivity index (χ0n) is 8.77. The number of hydrogen-bond donors (Lipinski definition) is 1. The van der Waals surface area contributed by atoms with Crippen molar-refractivity contribution >= 4 is 39.7 Å². The number of nitrogens with zero attached hydrogens (tertiary/aromatic N) is 3. The summed E-state index contributed by atoms with van der Waals surface area (Å²) in [6, 6.07) is 0. The molecular formula is C10H11IN4S. The number of nitrogens with one attached hydrogen (secondary N) is 1. The highest BCUT2D eigenvalue weighted by Gasteiger charge is 2.01. The normalized spacial score (nSPS) is 10.4. The maximum absolute atomic E-state index is 4.41. The summed E-state index contributed by atoms with van der Waals surface area (Å²) in [6.45, 7) is 2.86. The third-order valence-corrected chi connectivity index (χ3v) is 3.78. The van der Waals surface area contributed by atoms with E-state index in [0.29, 0.717) is 0 Å². The molecule has 0 aromatic carbocycles. The van der Waals surface area contributed by atoms with Crippen LogP contribution in [0.2, 0.25) is 0 Å². The summed E-state index contributed by atoms with van der Waals surface area (Å²) in [5.41, 5.74) is 1.09. The summed E-state index contributed by atoms with van der Waals surface area (Å²) in [7, 11) is 0. The van der Waals surface area contributed by atoms with Gasteiger partial charge in [0, 0.05) is 30.2 Å². The van der Waals surface area contributed by atoms with Crippen LogP contribution in [0.25, 0.3) is 0 Å². The summed E-state index contributed by atoms with van der Waals surface area (Å²) in [5.74, 6) is 0.892. The minimum absolute atomic E-state index is 0.847. The first kappa shape index (κ1) is 11.7. The molecule has 84 valence electrons. The molecule has 16 heavy (non-hydrogen) atoms. The van der Waals surface area contributed by atoms with Crippen molar-refractivity contribution in [3.05, 3.63) is 32.2 Å². The van der Waals surface area contributed by atoms with Crippen LogP contribution < -0.4 is 5.32 Å². The Balaban J connectivity index is 1.87. The molecule has 1 N–H and O–H groups in total. The van der Waals surface area contributed by atoms with Crippen LogP contribution in [0.3, 0.4) is 0 Å². The Bertz CT molecular complexity index is 471. The van der Waals surface area contributed by atoms with E-state index in [1.807, 2.05) is 6.92 Å². The van der Waals surface area contributed by atoms with E-state index in [-0.39, 0.29) is 0 Å². The molecule has 0 unspecified atom stereocenters. The maximum Gasteiger partial charge on any atom is 0.142 e. The lowest BCUT2D eigenvalue weighted by molar-refractivity contribution is 0.970. The lowest BCUT2D eigenvalue weighted by Gasteiger charge is -2.04. The van der Waals surface area contributed by atoms with Gasteiger partial charge in [0.2, 0.25) is 0 Å². The number of anilines is 1. The Morgan fingerprint density at radius 3 is 3.06 bits per heavy atom. The van der Waals surface area contributed by atoms with Gasteiger partial charge in [0.1, 0.15) is 12.1 Å². The Kier molecular flexibility index (Phi) is 4.05. The lowest BCUT2D eigenvalue weighted by atomic mass is 10.4. The fourth-order valence-corrected chi connectivity index (χ4v) is 2.51. The van der Waals surface area contributed by atoms with E-state index in [9.17, 15) is 0 Å². The van der Waals surface area contributed by atoms with Gasteiger partial charge in [-0.1, -0.05) is 0 Å². The molecule has 0 aliphatic rings. The molecule has 0 bridgehead atoms. The highest BCUT2D eigenvalue weighted by atomic mass is 127. The van der Waals surface area contributed by atoms with E-state index >= 15 is 0 Å². The first-order valence-electron chi connectivity index (χ1n) is 4.86. The molecular weight excluding hydrogens is 335 g/mol. The van der Waals surface area contributed by atoms with Gasteiger partial charge in [0.05, 0.1) is 8.58 Å². The molecule has 0 aliphatic heterocycles. The molecule has 0 amide bonds. The summed E-state index contributed by atoms with van der Waals surface area (Å²) in [4.78, 5) is 12.5. The summed E-state index contributed by atoms with van der Waals surface area (Å²) in [5, 5.41) is 6.51. The van der Waals surface area contributed by atoms with Crippen LogP contribution in [0, 0.1) is 10.5 Å². The molecule has 0 fully saturated rings. The van der Waals surface area contributed by atoms with Gasteiger partial charge in [-0.3, -0.25) is 0 Å². The van der Waals surface area contributed by atoms with Crippen molar-refractivity contribution in [1.82, 2.24) is 15.0 Å². The van der Waals surface area contributed by atoms with Gasteiger partial charge in [-0.15, -0.1) is 11.3 Å². The van der Waals surface area contributed by atoms with Crippen LogP contribution in [-0.2, 0) is 6.42 Å². The largest absolute Gasteiger partial charge is 0.369 e. The standard InChI is InChI=1S/C10H11IN4S/c1-7-5-16-9(15-7)2-3-13-10-8(11)4-12-6-14-10/h4-6H,2-3H2,1H3,(H,12,13,14). The first-order chi connectivity index (χ1) is 7.75. The van der Waals surface area contributed by atoms with E-state index in [2.05, 4.69) is 48.2 Å². The minimum Gasteiger partial charge on any atom is -0.369 e. The number of aromatic nitrogens is 3. The van der Waals surface area contributed by atoms with Crippen LogP contribution in [0.1, 0.15) is 10.7 Å². The Morgan fingerprint density at radius 2 is 2.38 bits per heavy atom. The van der Waals surface area contributed by atoms with Crippen molar-refractivity contribution in [1.29, 1.82) is 0 Å². The van der Waals surface area contributed by atoms with Crippen molar-refractivity contribution in [2.75, 3.05) is 11.9 Å². The predicted octanol–water partition coefficient (Wildman–Crippen LogP) is 2.50. The van der Waals surface area contributed by atoms with Crippen LogP contribution in [0.5, 0.6) is 0 Å². The van der Waals surface area contributed by atoms with Gasteiger partial charge in [-0.25, -0.2) is 15.0 Å². The van der Waals surface area contributed by atoms with E-state index in [1.54, 1.807) is 23.9 Å². The number of thiazole rings is 1. The van der Waals surface area contributed by atoms with Crippen molar-refractivity contribution in [2.24, 2.45) is 0 Å². The molecule has 0 spiro atoms. The Labute approximate surface area is 112 Å². The number of hydrogen-bond acceptors (Lipinski definition) is 5. The lowest BCUT2D eigenvalue weighted by Crippen LogP contribution is -2.07. The Morgan fingerprint density at radius 1 is 1.50 bits per heavy atom. The number of rotatable bonds is 4. The Hall–Kier alpha value is -0.760. The van der Waals surface area contributed by atoms with Gasteiger partial charge >= 0.3 is 0 Å². The second-order valence-corrected chi connectivity index (χ2v) is 5.38. The molecule has 6 heteroatoms. The van der Waals surface area contributed by atoms with Crippen molar-refractivity contribution in [3.63, 3.8) is 0 Å². The van der Waals surface area contributed by atoms with Crippen LogP contribution in [-0.4, -0.2) is 21.5 Å². The van der Waals surface area contributed by atoms with Crippen molar-refractivity contribution < 1.29 is 0 Å². The molecule has 2 aromatic heterocycles. The number of aryl methyl sites for hydroxylation is 1. The van der Waals surface area contributed by atoms with E-state index in [0.717, 1.165) is 33.1 Å². The van der Waals surface area contributed by atoms with E-state index in [1.165, 1.54) is 0 Å². The second kappa shape index (κ2) is 5.53. The molecule has 0 saturated heterocycles. The summed E-state index contributed by atoms with van der Waals surface area (Å²) >= 11 is 3.92. The van der Waals surface area contributed by atoms with Gasteiger partial charge < -0.3 is 5.32 Å². The van der Waals surface area contributed by atoms with E-state index in [4.69, 9.17) is 0 Å². The van der Waals surface area contributed by atoms with E-state index < -0.39 is 0 Å². The molecule has 2 rings (SSSR count). The first-order valence-corrected chi connectivity index (χ1v) is 6.82. The molecule has 4 nitrogen and oxygen atoms in total. The molecule has 0 atom stereocenters. The quantitative estimate of drug-likeness (QED) is 0.865. The second-order valence-electron chi connectivity index (χ2n) is 3.28. The fraction of sp³-hybridized carbons (Fsp3) is 0.300. The molecule has 0 radical (unpaired) electrons. The minimum atomic E-state index is 0.847. The predicted molar refractivity (Wildman–Crippen MR) is 73.8 cm³/mol. The average molecular weight is 346 g/mol. The fourth-order valence-electron chi connectivity index (χ4n) is 1.25. The van der Waals surface area contributed by atoms with Gasteiger partial charge in [0.15, 0.2) is 0 Å². The molecule has 2 heterocycles. The smallest absolute Gasteiger partial charge is 0.142 e. The van der Waals surface area contributed by atoms with Gasteiger partial charge in [-0.05, 0) is 29.5 Å². The van der Waals surface area contributed by atoms with Crippen LogP contribution >= 0.6 is 33.9 Å². The highest BCUT2D eigenvalue weighted by Crippen LogP contribution is 2.13. The van der Waals surface area contributed by atoms with Crippen LogP contribution in [0.15, 0.2) is 17.9 Å². The van der Waals surface area contributed by atoms with Crippen molar-refractivity contribution in [2.45, 2.75) is 13.3 Å².